The molecule has 5 rings (SSSR count). The number of nitrogens with zero attached hydrogens (tertiary/aromatic N) is 6. The summed E-state index contributed by atoms with van der Waals surface area (Å²) in [7, 11) is 1.81. The average molecular weight is 399 g/mol. The molecule has 0 aromatic carbocycles. The lowest BCUT2D eigenvalue weighted by Gasteiger charge is -2.08. The van der Waals surface area contributed by atoms with E-state index in [1.54, 1.807) is 41.6 Å². The van der Waals surface area contributed by atoms with E-state index >= 15 is 0 Å². The summed E-state index contributed by atoms with van der Waals surface area (Å²) < 4.78 is 3.59. The number of aryl methyl sites for hydroxylation is 1. The van der Waals surface area contributed by atoms with Gasteiger partial charge in [-0.3, -0.25) is 24.1 Å². The summed E-state index contributed by atoms with van der Waals surface area (Å²) in [6.07, 6.45) is 11.4. The molecule has 1 aliphatic carbocycles. The third kappa shape index (κ3) is 3.71. The molecule has 0 spiro atoms. The number of amides is 1. The molecule has 8 nitrogen and oxygen atoms in total. The molecule has 0 radical (unpaired) electrons. The summed E-state index contributed by atoms with van der Waals surface area (Å²) >= 11 is 0. The van der Waals surface area contributed by atoms with Gasteiger partial charge in [0.1, 0.15) is 5.69 Å². The fourth-order valence-electron chi connectivity index (χ4n) is 3.43. The molecule has 4 heterocycles. The molecule has 1 saturated carbocycles. The van der Waals surface area contributed by atoms with Crippen molar-refractivity contribution in [2.75, 3.05) is 5.32 Å². The highest BCUT2D eigenvalue weighted by molar-refractivity contribution is 6.09. The Hall–Kier alpha value is -3.81. The van der Waals surface area contributed by atoms with Gasteiger partial charge in [0.2, 0.25) is 0 Å². The van der Waals surface area contributed by atoms with Crippen LogP contribution in [0.15, 0.2) is 61.3 Å². The largest absolute Gasteiger partial charge is 0.319 e. The Morgan fingerprint density at radius 2 is 1.97 bits per heavy atom. The highest BCUT2D eigenvalue weighted by atomic mass is 16.1. The predicted molar refractivity (Wildman–Crippen MR) is 113 cm³/mol. The van der Waals surface area contributed by atoms with E-state index < -0.39 is 0 Å². The zero-order chi connectivity index (χ0) is 20.5. The van der Waals surface area contributed by atoms with E-state index in [9.17, 15) is 4.79 Å². The number of carbonyl (C=O) groups excluding carboxylic acids is 1. The molecule has 1 N–H and O–H groups in total. The SMILES string of the molecule is Cn1cc(NC(=O)c2cccnc2-c2cnn(CC3CC3)c2)c(-c2ccccn2)n1. The van der Waals surface area contributed by atoms with Gasteiger partial charge in [0.05, 0.1) is 28.8 Å². The second-order valence-electron chi connectivity index (χ2n) is 7.53. The van der Waals surface area contributed by atoms with Crippen LogP contribution in [0.1, 0.15) is 23.2 Å². The topological polar surface area (TPSA) is 90.5 Å². The van der Waals surface area contributed by atoms with Gasteiger partial charge < -0.3 is 5.32 Å². The standard InChI is InChI=1S/C22H21N7O/c1-28-14-19(21(27-28)18-6-2-3-9-23-18)26-22(30)17-5-4-10-24-20(17)16-11-25-29(13-16)12-15-7-8-15/h2-6,9-11,13-15H,7-8,12H2,1H3,(H,26,30). The molecular weight excluding hydrogens is 378 g/mol. The lowest BCUT2D eigenvalue weighted by molar-refractivity contribution is 0.102. The van der Waals surface area contributed by atoms with Gasteiger partial charge in [0, 0.05) is 43.9 Å². The second kappa shape index (κ2) is 7.55. The van der Waals surface area contributed by atoms with Crippen LogP contribution >= 0.6 is 0 Å². The maximum Gasteiger partial charge on any atom is 0.257 e. The zero-order valence-electron chi connectivity index (χ0n) is 16.6. The summed E-state index contributed by atoms with van der Waals surface area (Å²) in [5.41, 5.74) is 3.84. The van der Waals surface area contributed by atoms with Crippen LogP contribution in [-0.2, 0) is 13.6 Å². The van der Waals surface area contributed by atoms with Crippen molar-refractivity contribution < 1.29 is 4.79 Å². The minimum absolute atomic E-state index is 0.252. The molecule has 30 heavy (non-hydrogen) atoms. The number of pyridine rings is 2. The van der Waals surface area contributed by atoms with Crippen molar-refractivity contribution in [1.82, 2.24) is 29.5 Å². The number of hydrogen-bond donors (Lipinski definition) is 1. The number of nitrogens with one attached hydrogen (secondary N) is 1. The first kappa shape index (κ1) is 18.2. The number of carbonyl (C=O) groups is 1. The van der Waals surface area contributed by atoms with Gasteiger partial charge in [-0.05, 0) is 43.0 Å². The maximum atomic E-state index is 13.2. The minimum Gasteiger partial charge on any atom is -0.319 e. The number of aromatic nitrogens is 6. The van der Waals surface area contributed by atoms with E-state index in [1.165, 1.54) is 12.8 Å². The predicted octanol–water partition coefficient (Wildman–Crippen LogP) is 3.40. The molecule has 1 fully saturated rings. The summed E-state index contributed by atoms with van der Waals surface area (Å²) in [6.45, 7) is 0.914. The first-order valence-electron chi connectivity index (χ1n) is 9.91. The number of anilines is 1. The number of rotatable bonds is 6. The fourth-order valence-corrected chi connectivity index (χ4v) is 3.43. The van der Waals surface area contributed by atoms with Gasteiger partial charge in [-0.2, -0.15) is 10.2 Å². The number of hydrogen-bond acceptors (Lipinski definition) is 5. The van der Waals surface area contributed by atoms with Gasteiger partial charge in [0.25, 0.3) is 5.91 Å². The van der Waals surface area contributed by atoms with E-state index in [2.05, 4.69) is 25.5 Å². The lowest BCUT2D eigenvalue weighted by atomic mass is 10.1. The zero-order valence-corrected chi connectivity index (χ0v) is 16.6. The van der Waals surface area contributed by atoms with Crippen molar-refractivity contribution in [2.24, 2.45) is 13.0 Å². The van der Waals surface area contributed by atoms with E-state index in [0.29, 0.717) is 28.3 Å². The second-order valence-corrected chi connectivity index (χ2v) is 7.53. The highest BCUT2D eigenvalue weighted by Gasteiger charge is 2.23. The Labute approximate surface area is 173 Å². The van der Waals surface area contributed by atoms with E-state index in [-0.39, 0.29) is 5.91 Å². The highest BCUT2D eigenvalue weighted by Crippen LogP contribution is 2.31. The van der Waals surface area contributed by atoms with Gasteiger partial charge in [-0.1, -0.05) is 6.07 Å². The summed E-state index contributed by atoms with van der Waals surface area (Å²) in [5.74, 6) is 0.470. The third-order valence-corrected chi connectivity index (χ3v) is 5.09. The van der Waals surface area contributed by atoms with Crippen molar-refractivity contribution in [3.63, 3.8) is 0 Å². The van der Waals surface area contributed by atoms with Crippen LogP contribution in [0.3, 0.4) is 0 Å². The molecule has 1 aliphatic rings. The summed E-state index contributed by atoms with van der Waals surface area (Å²) in [6, 6.07) is 9.13. The molecule has 8 heteroatoms. The molecule has 0 atom stereocenters. The smallest absolute Gasteiger partial charge is 0.257 e. The molecule has 0 saturated heterocycles. The molecule has 1 amide bonds. The molecule has 0 unspecified atom stereocenters. The van der Waals surface area contributed by atoms with Crippen molar-refractivity contribution >= 4 is 11.6 Å². The van der Waals surface area contributed by atoms with Crippen molar-refractivity contribution in [2.45, 2.75) is 19.4 Å². The Morgan fingerprint density at radius 1 is 1.10 bits per heavy atom. The molecule has 0 bridgehead atoms. The van der Waals surface area contributed by atoms with Gasteiger partial charge in [-0.25, -0.2) is 0 Å². The van der Waals surface area contributed by atoms with Crippen LogP contribution < -0.4 is 5.32 Å². The van der Waals surface area contributed by atoms with Crippen molar-refractivity contribution in [3.8, 4) is 22.6 Å². The molecule has 4 aromatic rings. The van der Waals surface area contributed by atoms with Crippen LogP contribution in [-0.4, -0.2) is 35.4 Å². The summed E-state index contributed by atoms with van der Waals surface area (Å²) in [4.78, 5) is 22.0. The Bertz CT molecular complexity index is 1190. The third-order valence-electron chi connectivity index (χ3n) is 5.09. The van der Waals surface area contributed by atoms with Crippen LogP contribution in [0.4, 0.5) is 5.69 Å². The van der Waals surface area contributed by atoms with Crippen LogP contribution in [0, 0.1) is 5.92 Å². The van der Waals surface area contributed by atoms with Crippen molar-refractivity contribution in [3.05, 3.63) is 66.9 Å². The quantitative estimate of drug-likeness (QED) is 0.537. The van der Waals surface area contributed by atoms with Crippen LogP contribution in [0.5, 0.6) is 0 Å². The normalized spacial score (nSPS) is 13.4. The van der Waals surface area contributed by atoms with E-state index in [0.717, 1.165) is 18.0 Å². The van der Waals surface area contributed by atoms with Gasteiger partial charge in [0.15, 0.2) is 0 Å². The van der Waals surface area contributed by atoms with Crippen LogP contribution in [0.25, 0.3) is 22.6 Å². The Balaban J connectivity index is 1.43. The van der Waals surface area contributed by atoms with Crippen molar-refractivity contribution in [1.29, 1.82) is 0 Å². The first-order chi connectivity index (χ1) is 14.7. The maximum absolute atomic E-state index is 13.2. The first-order valence-corrected chi connectivity index (χ1v) is 9.91. The monoisotopic (exact) mass is 399 g/mol. The van der Waals surface area contributed by atoms with E-state index in [1.807, 2.05) is 36.1 Å². The van der Waals surface area contributed by atoms with Gasteiger partial charge >= 0.3 is 0 Å². The Kier molecular flexibility index (Phi) is 4.59. The molecule has 0 aliphatic heterocycles. The summed E-state index contributed by atoms with van der Waals surface area (Å²) in [5, 5.41) is 11.9. The molecular formula is C22H21N7O. The van der Waals surface area contributed by atoms with Gasteiger partial charge in [-0.15, -0.1) is 0 Å². The Morgan fingerprint density at radius 3 is 2.77 bits per heavy atom. The molecule has 150 valence electrons. The van der Waals surface area contributed by atoms with E-state index in [4.69, 9.17) is 0 Å². The average Bonchev–Trinajstić information content (AvgIpc) is 3.33. The lowest BCUT2D eigenvalue weighted by Crippen LogP contribution is -2.14. The van der Waals surface area contributed by atoms with Crippen LogP contribution in [0.2, 0.25) is 0 Å². The molecule has 4 aromatic heterocycles. The minimum atomic E-state index is -0.252. The fraction of sp³-hybridized carbons (Fsp3) is 0.227.